The van der Waals surface area contributed by atoms with Gasteiger partial charge in [-0.2, -0.15) is 0 Å². The van der Waals surface area contributed by atoms with Gasteiger partial charge in [0.15, 0.2) is 0 Å². The highest BCUT2D eigenvalue weighted by atomic mass is 16.3. The van der Waals surface area contributed by atoms with Crippen LogP contribution in [-0.2, 0) is 0 Å². The molecule has 0 amide bonds. The Morgan fingerprint density at radius 3 is 2.19 bits per heavy atom. The lowest BCUT2D eigenvalue weighted by Gasteiger charge is -2.45. The Labute approximate surface area is 129 Å². The highest BCUT2D eigenvalue weighted by Gasteiger charge is 2.35. The SMILES string of the molecule is CCC(O)c1ccc(N2CCC3(CCCCC3)CC2)cc1. The Morgan fingerprint density at radius 1 is 1.00 bits per heavy atom. The normalized spacial score (nSPS) is 23.2. The third kappa shape index (κ3) is 3.26. The summed E-state index contributed by atoms with van der Waals surface area (Å²) in [7, 11) is 0. The van der Waals surface area contributed by atoms with E-state index in [9.17, 15) is 5.11 Å². The van der Waals surface area contributed by atoms with Crippen molar-refractivity contribution in [3.8, 4) is 0 Å². The molecule has 2 aliphatic rings. The molecular formula is C19H29NO. The van der Waals surface area contributed by atoms with Gasteiger partial charge in [-0.15, -0.1) is 0 Å². The summed E-state index contributed by atoms with van der Waals surface area (Å²) >= 11 is 0. The lowest BCUT2D eigenvalue weighted by molar-refractivity contribution is 0.144. The number of rotatable bonds is 3. The van der Waals surface area contributed by atoms with Crippen LogP contribution in [0.5, 0.6) is 0 Å². The van der Waals surface area contributed by atoms with E-state index in [0.29, 0.717) is 5.41 Å². The molecule has 2 nitrogen and oxygen atoms in total. The molecule has 1 saturated carbocycles. The molecular weight excluding hydrogens is 258 g/mol. The number of anilines is 1. The summed E-state index contributed by atoms with van der Waals surface area (Å²) in [5.41, 5.74) is 3.04. The zero-order valence-electron chi connectivity index (χ0n) is 13.4. The number of aliphatic hydroxyl groups is 1. The van der Waals surface area contributed by atoms with Crippen LogP contribution in [0.1, 0.15) is 70.0 Å². The van der Waals surface area contributed by atoms with Gasteiger partial charge >= 0.3 is 0 Å². The van der Waals surface area contributed by atoms with E-state index in [-0.39, 0.29) is 6.10 Å². The van der Waals surface area contributed by atoms with E-state index in [1.54, 1.807) is 0 Å². The lowest BCUT2D eigenvalue weighted by atomic mass is 9.68. The quantitative estimate of drug-likeness (QED) is 0.872. The molecule has 1 aromatic carbocycles. The van der Waals surface area contributed by atoms with E-state index in [0.717, 1.165) is 12.0 Å². The van der Waals surface area contributed by atoms with Gasteiger partial charge in [-0.3, -0.25) is 0 Å². The fourth-order valence-electron chi connectivity index (χ4n) is 4.18. The fraction of sp³-hybridized carbons (Fsp3) is 0.684. The van der Waals surface area contributed by atoms with E-state index in [4.69, 9.17) is 0 Å². The molecule has 116 valence electrons. The van der Waals surface area contributed by atoms with E-state index in [1.807, 2.05) is 6.92 Å². The maximum absolute atomic E-state index is 9.88. The van der Waals surface area contributed by atoms with Crippen molar-refractivity contribution in [2.75, 3.05) is 18.0 Å². The zero-order chi connectivity index (χ0) is 14.7. The highest BCUT2D eigenvalue weighted by Crippen LogP contribution is 2.45. The summed E-state index contributed by atoms with van der Waals surface area (Å²) < 4.78 is 0. The second kappa shape index (κ2) is 6.39. The summed E-state index contributed by atoms with van der Waals surface area (Å²) in [5.74, 6) is 0. The number of hydrogen-bond donors (Lipinski definition) is 1. The van der Waals surface area contributed by atoms with E-state index >= 15 is 0 Å². The standard InChI is InChI=1S/C19H29NO/c1-2-18(21)16-6-8-17(9-7-16)20-14-12-19(13-15-20)10-4-3-5-11-19/h6-9,18,21H,2-5,10-15H2,1H3. The number of aliphatic hydroxyl groups excluding tert-OH is 1. The summed E-state index contributed by atoms with van der Waals surface area (Å²) in [6.45, 7) is 4.43. The van der Waals surface area contributed by atoms with Crippen molar-refractivity contribution in [2.24, 2.45) is 5.41 Å². The molecule has 1 spiro atoms. The maximum Gasteiger partial charge on any atom is 0.0787 e. The summed E-state index contributed by atoms with van der Waals surface area (Å²) in [6, 6.07) is 8.56. The van der Waals surface area contributed by atoms with Crippen molar-refractivity contribution < 1.29 is 5.11 Å². The molecule has 1 atom stereocenters. The topological polar surface area (TPSA) is 23.5 Å². The van der Waals surface area contributed by atoms with Gasteiger partial charge in [0.2, 0.25) is 0 Å². The Morgan fingerprint density at radius 2 is 1.62 bits per heavy atom. The van der Waals surface area contributed by atoms with Crippen LogP contribution in [0.15, 0.2) is 24.3 Å². The van der Waals surface area contributed by atoms with Crippen LogP contribution in [0.2, 0.25) is 0 Å². The third-order valence-corrected chi connectivity index (χ3v) is 5.77. The number of hydrogen-bond acceptors (Lipinski definition) is 2. The molecule has 2 fully saturated rings. The first kappa shape index (κ1) is 14.9. The third-order valence-electron chi connectivity index (χ3n) is 5.77. The van der Waals surface area contributed by atoms with Gasteiger partial charge in [0, 0.05) is 18.8 Å². The molecule has 2 heteroatoms. The first-order valence-electron chi connectivity index (χ1n) is 8.75. The fourth-order valence-corrected chi connectivity index (χ4v) is 4.18. The molecule has 1 aromatic rings. The maximum atomic E-state index is 9.88. The summed E-state index contributed by atoms with van der Waals surface area (Å²) in [5, 5.41) is 9.88. The monoisotopic (exact) mass is 287 g/mol. The second-order valence-corrected chi connectivity index (χ2v) is 7.06. The van der Waals surface area contributed by atoms with Crippen molar-refractivity contribution >= 4 is 5.69 Å². The van der Waals surface area contributed by atoms with Crippen LogP contribution >= 0.6 is 0 Å². The van der Waals surface area contributed by atoms with Gasteiger partial charge in [0.05, 0.1) is 6.10 Å². The van der Waals surface area contributed by atoms with Crippen molar-refractivity contribution in [3.05, 3.63) is 29.8 Å². The number of benzene rings is 1. The zero-order valence-corrected chi connectivity index (χ0v) is 13.4. The number of piperidine rings is 1. The van der Waals surface area contributed by atoms with Crippen molar-refractivity contribution in [1.29, 1.82) is 0 Å². The second-order valence-electron chi connectivity index (χ2n) is 7.06. The molecule has 1 aliphatic carbocycles. The minimum atomic E-state index is -0.314. The van der Waals surface area contributed by atoms with Gasteiger partial charge in [0.1, 0.15) is 0 Å². The van der Waals surface area contributed by atoms with Crippen LogP contribution in [0.3, 0.4) is 0 Å². The van der Waals surface area contributed by atoms with Gasteiger partial charge < -0.3 is 10.0 Å². The van der Waals surface area contributed by atoms with Crippen molar-refractivity contribution in [2.45, 2.75) is 64.4 Å². The van der Waals surface area contributed by atoms with Gasteiger partial charge in [0.25, 0.3) is 0 Å². The largest absolute Gasteiger partial charge is 0.388 e. The number of nitrogens with zero attached hydrogens (tertiary/aromatic N) is 1. The Kier molecular flexibility index (Phi) is 4.54. The Hall–Kier alpha value is -1.02. The smallest absolute Gasteiger partial charge is 0.0787 e. The Balaban J connectivity index is 1.61. The molecule has 1 aliphatic heterocycles. The first-order chi connectivity index (χ1) is 10.2. The van der Waals surface area contributed by atoms with Crippen molar-refractivity contribution in [1.82, 2.24) is 0 Å². The van der Waals surface area contributed by atoms with Gasteiger partial charge in [-0.1, -0.05) is 38.3 Å². The molecule has 21 heavy (non-hydrogen) atoms. The van der Waals surface area contributed by atoms with Crippen molar-refractivity contribution in [3.63, 3.8) is 0 Å². The van der Waals surface area contributed by atoms with Gasteiger partial charge in [-0.05, 0) is 55.2 Å². The molecule has 0 aromatic heterocycles. The lowest BCUT2D eigenvalue weighted by Crippen LogP contribution is -2.41. The van der Waals surface area contributed by atoms with Crippen LogP contribution in [0, 0.1) is 5.41 Å². The molecule has 0 radical (unpaired) electrons. The highest BCUT2D eigenvalue weighted by molar-refractivity contribution is 5.48. The van der Waals surface area contributed by atoms with E-state index < -0.39 is 0 Å². The summed E-state index contributed by atoms with van der Waals surface area (Å²) in [4.78, 5) is 2.53. The Bertz CT molecular complexity index is 437. The molecule has 1 N–H and O–H groups in total. The van der Waals surface area contributed by atoms with Crippen LogP contribution < -0.4 is 4.90 Å². The summed E-state index contributed by atoms with van der Waals surface area (Å²) in [6.07, 6.45) is 10.5. The van der Waals surface area contributed by atoms with E-state index in [2.05, 4.69) is 29.2 Å². The van der Waals surface area contributed by atoms with Crippen LogP contribution in [0.25, 0.3) is 0 Å². The molecule has 1 saturated heterocycles. The molecule has 1 heterocycles. The molecule has 1 unspecified atom stereocenters. The predicted molar refractivity (Wildman–Crippen MR) is 88.7 cm³/mol. The first-order valence-corrected chi connectivity index (χ1v) is 8.75. The van der Waals surface area contributed by atoms with Crippen LogP contribution in [0.4, 0.5) is 5.69 Å². The average molecular weight is 287 g/mol. The van der Waals surface area contributed by atoms with Crippen LogP contribution in [-0.4, -0.2) is 18.2 Å². The minimum absolute atomic E-state index is 0.314. The van der Waals surface area contributed by atoms with Gasteiger partial charge in [-0.25, -0.2) is 0 Å². The van der Waals surface area contributed by atoms with E-state index in [1.165, 1.54) is 63.7 Å². The molecule has 3 rings (SSSR count). The predicted octanol–water partition coefficient (Wildman–Crippen LogP) is 4.68. The average Bonchev–Trinajstić information content (AvgIpc) is 2.56. The molecule has 0 bridgehead atoms. The minimum Gasteiger partial charge on any atom is -0.388 e.